The van der Waals surface area contributed by atoms with Gasteiger partial charge in [0, 0.05) is 0 Å². The lowest BCUT2D eigenvalue weighted by Gasteiger charge is -2.01. The van der Waals surface area contributed by atoms with Gasteiger partial charge in [0.15, 0.2) is 0 Å². The number of carbonyl (C=O) groups is 1. The number of rotatable bonds is 3. The molecule has 0 aliphatic rings. The number of hydrogen-bond donors (Lipinski definition) is 2. The first kappa shape index (κ1) is 9.96. The number of nitrogens with two attached hydrogens (primary N) is 1. The predicted octanol–water partition coefficient (Wildman–Crippen LogP) is -1.32. The molecule has 2 heterocycles. The van der Waals surface area contributed by atoms with Crippen molar-refractivity contribution in [3.8, 4) is 0 Å². The SMILES string of the molecule is Nc1ncn(CC(=O)Nc2nccnn2)n1. The molecule has 2 aromatic heterocycles. The Morgan fingerprint density at radius 3 is 2.94 bits per heavy atom. The van der Waals surface area contributed by atoms with E-state index in [4.69, 9.17) is 5.73 Å². The molecule has 1 amide bonds. The third kappa shape index (κ3) is 2.47. The van der Waals surface area contributed by atoms with Crippen LogP contribution in [-0.2, 0) is 11.3 Å². The van der Waals surface area contributed by atoms with Gasteiger partial charge in [-0.1, -0.05) is 0 Å². The van der Waals surface area contributed by atoms with Crippen molar-refractivity contribution in [3.05, 3.63) is 18.7 Å². The van der Waals surface area contributed by atoms with Gasteiger partial charge in [0.1, 0.15) is 12.9 Å². The minimum atomic E-state index is -0.335. The maximum absolute atomic E-state index is 11.4. The highest BCUT2D eigenvalue weighted by molar-refractivity contribution is 5.88. The fourth-order valence-corrected chi connectivity index (χ4v) is 1.00. The minimum Gasteiger partial charge on any atom is -0.367 e. The summed E-state index contributed by atoms with van der Waals surface area (Å²) in [7, 11) is 0. The van der Waals surface area contributed by atoms with Gasteiger partial charge in [0.25, 0.3) is 0 Å². The Kier molecular flexibility index (Phi) is 2.67. The number of hydrogen-bond acceptors (Lipinski definition) is 7. The summed E-state index contributed by atoms with van der Waals surface area (Å²) >= 11 is 0. The largest absolute Gasteiger partial charge is 0.367 e. The average molecular weight is 220 g/mol. The van der Waals surface area contributed by atoms with E-state index in [0.717, 1.165) is 0 Å². The molecular formula is C7H8N8O. The third-order valence-corrected chi connectivity index (χ3v) is 1.59. The van der Waals surface area contributed by atoms with Crippen LogP contribution < -0.4 is 11.1 Å². The van der Waals surface area contributed by atoms with Crippen molar-refractivity contribution in [1.29, 1.82) is 0 Å². The molecule has 3 N–H and O–H groups in total. The number of nitrogens with zero attached hydrogens (tertiary/aromatic N) is 6. The van der Waals surface area contributed by atoms with E-state index in [2.05, 4.69) is 30.6 Å². The van der Waals surface area contributed by atoms with Gasteiger partial charge in [-0.05, 0) is 0 Å². The summed E-state index contributed by atoms with van der Waals surface area (Å²) in [5, 5.41) is 13.4. The highest BCUT2D eigenvalue weighted by atomic mass is 16.2. The van der Waals surface area contributed by atoms with Crippen LogP contribution in [0.4, 0.5) is 11.9 Å². The van der Waals surface area contributed by atoms with Crippen LogP contribution in [0, 0.1) is 0 Å². The van der Waals surface area contributed by atoms with Gasteiger partial charge in [0.2, 0.25) is 17.8 Å². The normalized spacial score (nSPS) is 10.0. The summed E-state index contributed by atoms with van der Waals surface area (Å²) < 4.78 is 1.31. The second-order valence-corrected chi connectivity index (χ2v) is 2.81. The molecule has 0 saturated heterocycles. The molecule has 0 fully saturated rings. The van der Waals surface area contributed by atoms with E-state index in [9.17, 15) is 4.79 Å². The molecule has 2 aromatic rings. The lowest BCUT2D eigenvalue weighted by atomic mass is 10.6. The van der Waals surface area contributed by atoms with Gasteiger partial charge in [-0.25, -0.2) is 14.6 Å². The first-order valence-corrected chi connectivity index (χ1v) is 4.32. The quantitative estimate of drug-likeness (QED) is 0.657. The zero-order valence-electron chi connectivity index (χ0n) is 8.11. The fourth-order valence-electron chi connectivity index (χ4n) is 1.00. The first-order valence-electron chi connectivity index (χ1n) is 4.32. The Morgan fingerprint density at radius 2 is 2.31 bits per heavy atom. The number of nitrogens with one attached hydrogen (secondary N) is 1. The van der Waals surface area contributed by atoms with Crippen LogP contribution in [0.5, 0.6) is 0 Å². The van der Waals surface area contributed by atoms with Gasteiger partial charge >= 0.3 is 0 Å². The summed E-state index contributed by atoms with van der Waals surface area (Å²) in [4.78, 5) is 18.9. The minimum absolute atomic E-state index is 0.0115. The molecule has 0 aliphatic heterocycles. The second-order valence-electron chi connectivity index (χ2n) is 2.81. The second kappa shape index (κ2) is 4.29. The number of anilines is 2. The predicted molar refractivity (Wildman–Crippen MR) is 52.9 cm³/mol. The van der Waals surface area contributed by atoms with Crippen LogP contribution in [0.2, 0.25) is 0 Å². The van der Waals surface area contributed by atoms with Crippen molar-refractivity contribution in [2.24, 2.45) is 0 Å². The van der Waals surface area contributed by atoms with Crippen LogP contribution in [-0.4, -0.2) is 35.9 Å². The standard InChI is InChI=1S/C7H8N8O/c8-6-10-4-15(14-6)3-5(16)12-7-9-1-2-11-13-7/h1-2,4H,3H2,(H2,8,14)(H,9,12,13,16). The van der Waals surface area contributed by atoms with Crippen LogP contribution in [0.25, 0.3) is 0 Å². The number of nitrogen functional groups attached to an aromatic ring is 1. The summed E-state index contributed by atoms with van der Waals surface area (Å²) in [6.07, 6.45) is 4.20. The van der Waals surface area contributed by atoms with E-state index in [-0.39, 0.29) is 24.3 Å². The van der Waals surface area contributed by atoms with Crippen LogP contribution >= 0.6 is 0 Å². The number of carbonyl (C=O) groups excluding carboxylic acids is 1. The third-order valence-electron chi connectivity index (χ3n) is 1.59. The first-order chi connectivity index (χ1) is 7.74. The molecule has 2 rings (SSSR count). The van der Waals surface area contributed by atoms with Crippen molar-refractivity contribution in [2.45, 2.75) is 6.54 Å². The molecule has 0 saturated carbocycles. The van der Waals surface area contributed by atoms with Crippen molar-refractivity contribution in [2.75, 3.05) is 11.1 Å². The zero-order chi connectivity index (χ0) is 11.4. The van der Waals surface area contributed by atoms with Gasteiger partial charge in [0.05, 0.1) is 12.4 Å². The molecule has 0 aliphatic carbocycles. The van der Waals surface area contributed by atoms with E-state index >= 15 is 0 Å². The summed E-state index contributed by atoms with van der Waals surface area (Å²) in [5.74, 6) is -0.0797. The van der Waals surface area contributed by atoms with E-state index in [0.29, 0.717) is 0 Å². The Labute approximate surface area is 89.7 Å². The lowest BCUT2D eigenvalue weighted by molar-refractivity contribution is -0.117. The monoisotopic (exact) mass is 220 g/mol. The molecule has 0 bridgehead atoms. The van der Waals surface area contributed by atoms with Crippen molar-refractivity contribution in [3.63, 3.8) is 0 Å². The summed E-state index contributed by atoms with van der Waals surface area (Å²) in [6.45, 7) is -0.0115. The molecule has 16 heavy (non-hydrogen) atoms. The molecule has 0 aromatic carbocycles. The van der Waals surface area contributed by atoms with E-state index in [1.165, 1.54) is 23.4 Å². The Bertz CT molecular complexity index is 480. The molecule has 0 unspecified atom stereocenters. The maximum Gasteiger partial charge on any atom is 0.249 e. The maximum atomic E-state index is 11.4. The van der Waals surface area contributed by atoms with Gasteiger partial charge in [-0.3, -0.25) is 10.1 Å². The van der Waals surface area contributed by atoms with E-state index in [1.807, 2.05) is 0 Å². The topological polar surface area (TPSA) is 124 Å². The number of amides is 1. The number of aromatic nitrogens is 6. The van der Waals surface area contributed by atoms with Gasteiger partial charge < -0.3 is 5.73 Å². The lowest BCUT2D eigenvalue weighted by Crippen LogP contribution is -2.20. The van der Waals surface area contributed by atoms with Crippen LogP contribution in [0.15, 0.2) is 18.7 Å². The zero-order valence-corrected chi connectivity index (χ0v) is 8.11. The molecule has 0 spiro atoms. The summed E-state index contributed by atoms with van der Waals surface area (Å²) in [5.41, 5.74) is 5.30. The Morgan fingerprint density at radius 1 is 1.44 bits per heavy atom. The molecule has 0 atom stereocenters. The van der Waals surface area contributed by atoms with Gasteiger partial charge in [-0.15, -0.1) is 10.2 Å². The summed E-state index contributed by atoms with van der Waals surface area (Å²) in [6, 6.07) is 0. The van der Waals surface area contributed by atoms with Crippen molar-refractivity contribution >= 4 is 17.8 Å². The van der Waals surface area contributed by atoms with Crippen LogP contribution in [0.1, 0.15) is 0 Å². The molecule has 0 radical (unpaired) electrons. The van der Waals surface area contributed by atoms with E-state index < -0.39 is 0 Å². The van der Waals surface area contributed by atoms with Gasteiger partial charge in [-0.2, -0.15) is 5.10 Å². The van der Waals surface area contributed by atoms with Crippen molar-refractivity contribution < 1.29 is 4.79 Å². The average Bonchev–Trinajstić information content (AvgIpc) is 2.65. The molecular weight excluding hydrogens is 212 g/mol. The highest BCUT2D eigenvalue weighted by Crippen LogP contribution is 1.94. The van der Waals surface area contributed by atoms with Crippen molar-refractivity contribution in [1.82, 2.24) is 29.9 Å². The Hall–Kier alpha value is -2.58. The Balaban J connectivity index is 1.95. The highest BCUT2D eigenvalue weighted by Gasteiger charge is 2.06. The molecule has 9 heteroatoms. The van der Waals surface area contributed by atoms with Crippen LogP contribution in [0.3, 0.4) is 0 Å². The molecule has 9 nitrogen and oxygen atoms in total. The molecule has 82 valence electrons. The van der Waals surface area contributed by atoms with E-state index in [1.54, 1.807) is 0 Å². The smallest absolute Gasteiger partial charge is 0.249 e. The fraction of sp³-hybridized carbons (Fsp3) is 0.143.